The molecule has 0 aliphatic carbocycles. The van der Waals surface area contributed by atoms with E-state index >= 15 is 0 Å². The zero-order valence-corrected chi connectivity index (χ0v) is 15.9. The summed E-state index contributed by atoms with van der Waals surface area (Å²) in [5.41, 5.74) is 3.36. The number of nitrogens with one attached hydrogen (secondary N) is 1. The van der Waals surface area contributed by atoms with E-state index in [0.29, 0.717) is 17.8 Å². The monoisotopic (exact) mass is 385 g/mol. The van der Waals surface area contributed by atoms with E-state index in [1.807, 2.05) is 24.3 Å². The molecule has 6 heteroatoms. The van der Waals surface area contributed by atoms with Crippen LogP contribution < -0.4 is 10.2 Å². The summed E-state index contributed by atoms with van der Waals surface area (Å²) in [4.78, 5) is 43.0. The average molecular weight is 385 g/mol. The van der Waals surface area contributed by atoms with Gasteiger partial charge in [0.25, 0.3) is 11.8 Å². The lowest BCUT2D eigenvalue weighted by atomic mass is 10.1. The minimum Gasteiger partial charge on any atom is -0.321 e. The number of Topliss-reactive ketones (excluding diaryl/α,β-unsaturated/α-hetero) is 1. The van der Waals surface area contributed by atoms with E-state index < -0.39 is 5.91 Å². The minimum absolute atomic E-state index is 0.0855. The molecule has 0 saturated heterocycles. The van der Waals surface area contributed by atoms with Crippen LogP contribution in [0.1, 0.15) is 43.8 Å². The number of nitrogens with zero attached hydrogens (tertiary/aromatic N) is 2. The molecule has 1 aromatic heterocycles. The van der Waals surface area contributed by atoms with Crippen molar-refractivity contribution in [2.45, 2.75) is 13.3 Å². The molecule has 2 heterocycles. The first-order valence-corrected chi connectivity index (χ1v) is 9.32. The summed E-state index contributed by atoms with van der Waals surface area (Å²) in [5.74, 6) is -0.761. The van der Waals surface area contributed by atoms with Gasteiger partial charge in [-0.05, 0) is 49.2 Å². The van der Waals surface area contributed by atoms with Crippen LogP contribution in [0.15, 0.2) is 66.7 Å². The smallest absolute Gasteiger partial charge is 0.276 e. The van der Waals surface area contributed by atoms with E-state index in [4.69, 9.17) is 0 Å². The Kier molecular flexibility index (Phi) is 4.91. The molecule has 2 aromatic carbocycles. The number of hydrogen-bond acceptors (Lipinski definition) is 4. The zero-order valence-electron chi connectivity index (χ0n) is 15.9. The van der Waals surface area contributed by atoms with Gasteiger partial charge in [-0.2, -0.15) is 0 Å². The van der Waals surface area contributed by atoms with E-state index in [1.54, 1.807) is 47.4 Å². The quantitative estimate of drug-likeness (QED) is 0.694. The zero-order chi connectivity index (χ0) is 20.4. The summed E-state index contributed by atoms with van der Waals surface area (Å²) >= 11 is 0. The van der Waals surface area contributed by atoms with Crippen LogP contribution in [0.3, 0.4) is 0 Å². The SMILES string of the molecule is CC(=O)c1cccc(NC(=O)c2cccc(C(=O)N3CCc4ccccc43)n2)c1. The van der Waals surface area contributed by atoms with Crippen molar-refractivity contribution in [3.8, 4) is 0 Å². The van der Waals surface area contributed by atoms with E-state index in [-0.39, 0.29) is 23.1 Å². The molecular formula is C23H19N3O3. The maximum Gasteiger partial charge on any atom is 0.276 e. The highest BCUT2D eigenvalue weighted by Crippen LogP contribution is 2.28. The first-order chi connectivity index (χ1) is 14.0. The maximum atomic E-state index is 13.0. The molecule has 1 N–H and O–H groups in total. The Morgan fingerprint density at radius 3 is 2.52 bits per heavy atom. The Balaban J connectivity index is 1.54. The second-order valence-electron chi connectivity index (χ2n) is 6.83. The van der Waals surface area contributed by atoms with Gasteiger partial charge >= 0.3 is 0 Å². The van der Waals surface area contributed by atoms with Crippen LogP contribution in [0.25, 0.3) is 0 Å². The normalized spacial score (nSPS) is 12.4. The number of amides is 2. The topological polar surface area (TPSA) is 79.4 Å². The third-order valence-corrected chi connectivity index (χ3v) is 4.86. The molecule has 0 bridgehead atoms. The molecule has 0 unspecified atom stereocenters. The molecule has 6 nitrogen and oxygen atoms in total. The van der Waals surface area contributed by atoms with Crippen molar-refractivity contribution >= 4 is 29.0 Å². The van der Waals surface area contributed by atoms with Gasteiger partial charge in [-0.1, -0.05) is 36.4 Å². The molecular weight excluding hydrogens is 366 g/mol. The fourth-order valence-electron chi connectivity index (χ4n) is 3.38. The molecule has 4 rings (SSSR count). The van der Waals surface area contributed by atoms with Gasteiger partial charge in [0, 0.05) is 23.5 Å². The van der Waals surface area contributed by atoms with Crippen molar-refractivity contribution in [1.29, 1.82) is 0 Å². The fourth-order valence-corrected chi connectivity index (χ4v) is 3.38. The van der Waals surface area contributed by atoms with Gasteiger partial charge in [-0.15, -0.1) is 0 Å². The molecule has 1 aliphatic heterocycles. The summed E-state index contributed by atoms with van der Waals surface area (Å²) in [5, 5.41) is 2.73. The third kappa shape index (κ3) is 3.78. The molecule has 0 radical (unpaired) electrons. The second-order valence-corrected chi connectivity index (χ2v) is 6.83. The fraction of sp³-hybridized carbons (Fsp3) is 0.130. The number of anilines is 2. The van der Waals surface area contributed by atoms with Crippen molar-refractivity contribution in [2.24, 2.45) is 0 Å². The Morgan fingerprint density at radius 2 is 1.69 bits per heavy atom. The van der Waals surface area contributed by atoms with Gasteiger partial charge in [0.15, 0.2) is 5.78 Å². The first kappa shape index (κ1) is 18.6. The molecule has 144 valence electrons. The van der Waals surface area contributed by atoms with Gasteiger partial charge in [0.2, 0.25) is 0 Å². The first-order valence-electron chi connectivity index (χ1n) is 9.32. The molecule has 2 amide bonds. The number of hydrogen-bond donors (Lipinski definition) is 1. The van der Waals surface area contributed by atoms with Crippen LogP contribution in [0.2, 0.25) is 0 Å². The number of rotatable bonds is 4. The lowest BCUT2D eigenvalue weighted by Crippen LogP contribution is -2.30. The molecule has 0 spiro atoms. The minimum atomic E-state index is -0.442. The van der Waals surface area contributed by atoms with Crippen LogP contribution >= 0.6 is 0 Å². The van der Waals surface area contributed by atoms with Crippen molar-refractivity contribution in [1.82, 2.24) is 4.98 Å². The largest absolute Gasteiger partial charge is 0.321 e. The summed E-state index contributed by atoms with van der Waals surface area (Å²) in [6.07, 6.45) is 0.800. The Hall–Kier alpha value is -3.80. The Morgan fingerprint density at radius 1 is 0.931 bits per heavy atom. The van der Waals surface area contributed by atoms with E-state index in [1.165, 1.54) is 6.92 Å². The van der Waals surface area contributed by atoms with Crippen LogP contribution in [0.4, 0.5) is 11.4 Å². The summed E-state index contributed by atoms with van der Waals surface area (Å²) < 4.78 is 0. The molecule has 1 aliphatic rings. The standard InChI is InChI=1S/C23H19N3O3/c1-15(27)17-7-4-8-18(14-17)24-22(28)19-9-5-10-20(25-19)23(29)26-13-12-16-6-2-3-11-21(16)26/h2-11,14H,12-13H2,1H3,(H,24,28). The van der Waals surface area contributed by atoms with Crippen LogP contribution in [0.5, 0.6) is 0 Å². The second kappa shape index (κ2) is 7.67. The van der Waals surface area contributed by atoms with Crippen molar-refractivity contribution < 1.29 is 14.4 Å². The molecule has 29 heavy (non-hydrogen) atoms. The number of carbonyl (C=O) groups is 3. The van der Waals surface area contributed by atoms with Crippen molar-refractivity contribution in [2.75, 3.05) is 16.8 Å². The van der Waals surface area contributed by atoms with E-state index in [0.717, 1.165) is 17.7 Å². The maximum absolute atomic E-state index is 13.0. The van der Waals surface area contributed by atoms with Crippen molar-refractivity contribution in [3.63, 3.8) is 0 Å². The van der Waals surface area contributed by atoms with E-state index in [2.05, 4.69) is 10.3 Å². The number of pyridine rings is 1. The van der Waals surface area contributed by atoms with Crippen LogP contribution in [0, 0.1) is 0 Å². The van der Waals surface area contributed by atoms with Gasteiger partial charge in [0.1, 0.15) is 11.4 Å². The third-order valence-electron chi connectivity index (χ3n) is 4.86. The van der Waals surface area contributed by atoms with Gasteiger partial charge in [0.05, 0.1) is 0 Å². The van der Waals surface area contributed by atoms with Crippen LogP contribution in [-0.4, -0.2) is 29.1 Å². The summed E-state index contributed by atoms with van der Waals surface area (Å²) in [7, 11) is 0. The van der Waals surface area contributed by atoms with Gasteiger partial charge in [-0.25, -0.2) is 4.98 Å². The molecule has 0 fully saturated rings. The predicted octanol–water partition coefficient (Wildman–Crippen LogP) is 3.74. The van der Waals surface area contributed by atoms with Gasteiger partial charge in [-0.3, -0.25) is 14.4 Å². The highest BCUT2D eigenvalue weighted by atomic mass is 16.2. The molecule has 0 saturated carbocycles. The number of aromatic nitrogens is 1. The molecule has 0 atom stereocenters. The molecule has 3 aromatic rings. The van der Waals surface area contributed by atoms with Crippen molar-refractivity contribution in [3.05, 3.63) is 89.2 Å². The summed E-state index contributed by atoms with van der Waals surface area (Å²) in [6.45, 7) is 2.06. The lowest BCUT2D eigenvalue weighted by Gasteiger charge is -2.17. The van der Waals surface area contributed by atoms with E-state index in [9.17, 15) is 14.4 Å². The summed E-state index contributed by atoms with van der Waals surface area (Å²) in [6, 6.07) is 19.3. The van der Waals surface area contributed by atoms with Gasteiger partial charge < -0.3 is 10.2 Å². The highest BCUT2D eigenvalue weighted by molar-refractivity contribution is 6.08. The Labute approximate surface area is 168 Å². The average Bonchev–Trinajstić information content (AvgIpc) is 3.17. The predicted molar refractivity (Wildman–Crippen MR) is 110 cm³/mol. The number of fused-ring (bicyclic) bond motifs is 1. The number of para-hydroxylation sites is 1. The number of carbonyl (C=O) groups excluding carboxylic acids is 3. The number of ketones is 1. The Bertz CT molecular complexity index is 1120. The highest BCUT2D eigenvalue weighted by Gasteiger charge is 2.26. The van der Waals surface area contributed by atoms with Crippen LogP contribution in [-0.2, 0) is 6.42 Å². The lowest BCUT2D eigenvalue weighted by molar-refractivity contribution is 0.0981. The number of benzene rings is 2.